The number of aliphatic hydroxyl groups excluding tert-OH is 1. The van der Waals surface area contributed by atoms with Crippen LogP contribution in [-0.2, 0) is 14.4 Å². The molecule has 176 valence electrons. The summed E-state index contributed by atoms with van der Waals surface area (Å²) in [6.45, 7) is 3.43. The van der Waals surface area contributed by atoms with Crippen molar-refractivity contribution < 1.29 is 34.5 Å². The number of carbonyl (C=O) groups excluding carboxylic acids is 2. The number of carboxylic acids is 2. The minimum atomic E-state index is -1.16. The molecule has 0 unspecified atom stereocenters. The summed E-state index contributed by atoms with van der Waals surface area (Å²) < 4.78 is 0. The predicted molar refractivity (Wildman–Crippen MR) is 120 cm³/mol. The molecule has 9 nitrogen and oxygen atoms in total. The first kappa shape index (κ1) is 23.3. The summed E-state index contributed by atoms with van der Waals surface area (Å²) in [4.78, 5) is 50.2. The number of nitrogens with one attached hydrogen (secondary N) is 1. The third-order valence-electron chi connectivity index (χ3n) is 6.74. The van der Waals surface area contributed by atoms with Crippen molar-refractivity contribution in [3.05, 3.63) is 40.4 Å². The molecule has 6 atom stereocenters. The molecule has 0 aromatic heterocycles. The molecule has 1 saturated heterocycles. The Morgan fingerprint density at radius 1 is 1.18 bits per heavy atom. The number of aliphatic hydroxyl groups is 1. The van der Waals surface area contributed by atoms with Crippen LogP contribution in [-0.4, -0.2) is 61.4 Å². The van der Waals surface area contributed by atoms with Gasteiger partial charge in [0, 0.05) is 27.7 Å². The zero-order valence-electron chi connectivity index (χ0n) is 18.2. The van der Waals surface area contributed by atoms with E-state index in [-0.39, 0.29) is 46.2 Å². The van der Waals surface area contributed by atoms with Crippen LogP contribution in [0.4, 0.5) is 5.69 Å². The van der Waals surface area contributed by atoms with E-state index >= 15 is 0 Å². The van der Waals surface area contributed by atoms with E-state index < -0.39 is 24.0 Å². The number of aliphatic carboxylic acids is 1. The maximum atomic E-state index is 12.7. The lowest BCUT2D eigenvalue weighted by Crippen LogP contribution is -2.63. The summed E-state index contributed by atoms with van der Waals surface area (Å²) in [5, 5.41) is 31.7. The van der Waals surface area contributed by atoms with Crippen LogP contribution in [0.2, 0.25) is 0 Å². The van der Waals surface area contributed by atoms with E-state index in [1.54, 1.807) is 19.1 Å². The molecule has 1 aromatic carbocycles. The molecule has 3 aliphatic rings. The largest absolute Gasteiger partial charge is 0.478 e. The molecule has 0 spiro atoms. The van der Waals surface area contributed by atoms with E-state index in [2.05, 4.69) is 5.32 Å². The van der Waals surface area contributed by atoms with Gasteiger partial charge in [-0.3, -0.25) is 9.59 Å². The fraction of sp³-hybridized carbons (Fsp3) is 0.478. The average Bonchev–Trinajstić information content (AvgIpc) is 3.30. The monoisotopic (exact) mass is 474 g/mol. The van der Waals surface area contributed by atoms with Gasteiger partial charge >= 0.3 is 11.9 Å². The number of amides is 2. The molecule has 2 amide bonds. The van der Waals surface area contributed by atoms with Gasteiger partial charge in [-0.2, -0.15) is 0 Å². The summed E-state index contributed by atoms with van der Waals surface area (Å²) >= 11 is 1.42. The molecule has 0 radical (unpaired) electrons. The Bertz CT molecular complexity index is 1050. The molecule has 2 fully saturated rings. The molecule has 33 heavy (non-hydrogen) atoms. The topological polar surface area (TPSA) is 144 Å². The summed E-state index contributed by atoms with van der Waals surface area (Å²) in [5.41, 5.74) is 0.506. The van der Waals surface area contributed by atoms with Crippen molar-refractivity contribution in [2.24, 2.45) is 17.8 Å². The van der Waals surface area contributed by atoms with Crippen LogP contribution in [0.3, 0.4) is 0 Å². The second-order valence-electron chi connectivity index (χ2n) is 8.90. The molecule has 2 heterocycles. The number of carboxylic acid groups (broad SMARTS) is 2. The van der Waals surface area contributed by atoms with E-state index in [1.165, 1.54) is 28.8 Å². The second kappa shape index (κ2) is 8.83. The maximum Gasteiger partial charge on any atom is 0.353 e. The van der Waals surface area contributed by atoms with Gasteiger partial charge in [0.05, 0.1) is 23.6 Å². The van der Waals surface area contributed by atoms with Crippen LogP contribution in [0.25, 0.3) is 0 Å². The number of carbonyl (C=O) groups is 4. The second-order valence-corrected chi connectivity index (χ2v) is 10.2. The van der Waals surface area contributed by atoms with Gasteiger partial charge in [0.25, 0.3) is 0 Å². The number of benzene rings is 1. The van der Waals surface area contributed by atoms with Crippen LogP contribution < -0.4 is 5.32 Å². The highest BCUT2D eigenvalue weighted by Gasteiger charge is 2.60. The molecule has 2 aliphatic heterocycles. The van der Waals surface area contributed by atoms with Gasteiger partial charge in [-0.1, -0.05) is 13.0 Å². The Morgan fingerprint density at radius 2 is 1.91 bits per heavy atom. The highest BCUT2D eigenvalue weighted by molar-refractivity contribution is 8.03. The smallest absolute Gasteiger partial charge is 0.353 e. The Hall–Kier alpha value is -2.85. The molecule has 10 heteroatoms. The van der Waals surface area contributed by atoms with Crippen LogP contribution >= 0.6 is 11.8 Å². The summed E-state index contributed by atoms with van der Waals surface area (Å²) in [7, 11) is 0. The lowest BCUT2D eigenvalue weighted by atomic mass is 9.79. The molecule has 4 N–H and O–H groups in total. The third-order valence-corrected chi connectivity index (χ3v) is 8.32. The van der Waals surface area contributed by atoms with Gasteiger partial charge in [-0.25, -0.2) is 9.59 Å². The quantitative estimate of drug-likeness (QED) is 0.441. The number of β-lactam (4-membered cyclic amide) rings is 1. The van der Waals surface area contributed by atoms with Gasteiger partial charge in [0.15, 0.2) is 0 Å². The van der Waals surface area contributed by atoms with Crippen molar-refractivity contribution in [3.8, 4) is 0 Å². The van der Waals surface area contributed by atoms with Crippen LogP contribution in [0, 0.1) is 17.8 Å². The Kier molecular flexibility index (Phi) is 6.24. The molecule has 4 rings (SSSR count). The SMILES string of the molecule is C[C@@H](O)[C@H]1C(=O)N2C(C(=O)O)=C(S[C@@H]3CC[C@H](C(=O)Nc4cccc(C(=O)O)c4)C3)[C@H](C)[C@H]12. The number of aromatic carboxylic acids is 1. The van der Waals surface area contributed by atoms with E-state index in [0.717, 1.165) is 6.42 Å². The number of nitrogens with zero attached hydrogens (tertiary/aromatic N) is 1. The first-order chi connectivity index (χ1) is 15.6. The molecule has 1 aromatic rings. The van der Waals surface area contributed by atoms with Crippen molar-refractivity contribution in [2.45, 2.75) is 50.5 Å². The van der Waals surface area contributed by atoms with Crippen molar-refractivity contribution in [1.82, 2.24) is 4.90 Å². The standard InChI is InChI=1S/C23H26N2O7S/c1-10-17-16(11(2)26)21(28)25(17)18(23(31)32)19(10)33-15-7-6-12(9-15)20(27)24-14-5-3-4-13(8-14)22(29)30/h3-5,8,10-12,15-17,26H,6-7,9H2,1-2H3,(H,24,27)(H,29,30)(H,31,32)/t10-,11-,12+,15-,16-,17-/m1/s1. The number of anilines is 1. The maximum absolute atomic E-state index is 12.7. The normalized spacial score (nSPS) is 29.5. The number of thioether (sulfide) groups is 1. The predicted octanol–water partition coefficient (Wildman–Crippen LogP) is 2.38. The molecule has 1 saturated carbocycles. The van der Waals surface area contributed by atoms with Crippen LogP contribution in [0.1, 0.15) is 43.5 Å². The van der Waals surface area contributed by atoms with Crippen LogP contribution in [0.15, 0.2) is 34.9 Å². The highest BCUT2D eigenvalue weighted by atomic mass is 32.2. The van der Waals surface area contributed by atoms with E-state index in [9.17, 15) is 29.4 Å². The number of hydrogen-bond donors (Lipinski definition) is 4. The average molecular weight is 475 g/mol. The van der Waals surface area contributed by atoms with Gasteiger partial charge in [0.2, 0.25) is 11.8 Å². The zero-order chi connectivity index (χ0) is 24.0. The van der Waals surface area contributed by atoms with Gasteiger partial charge in [0.1, 0.15) is 5.70 Å². The lowest BCUT2D eigenvalue weighted by molar-refractivity contribution is -0.163. The van der Waals surface area contributed by atoms with Gasteiger partial charge in [-0.05, 0) is 44.4 Å². The first-order valence-electron chi connectivity index (χ1n) is 10.9. The molecular weight excluding hydrogens is 448 g/mol. The number of rotatable bonds is 7. The highest BCUT2D eigenvalue weighted by Crippen LogP contribution is 2.53. The third kappa shape index (κ3) is 4.13. The fourth-order valence-corrected chi connectivity index (χ4v) is 6.71. The Morgan fingerprint density at radius 3 is 2.55 bits per heavy atom. The minimum Gasteiger partial charge on any atom is -0.478 e. The number of hydrogen-bond acceptors (Lipinski definition) is 6. The Labute approximate surface area is 194 Å². The fourth-order valence-electron chi connectivity index (χ4n) is 5.12. The number of fused-ring (bicyclic) bond motifs is 1. The van der Waals surface area contributed by atoms with Crippen molar-refractivity contribution in [1.29, 1.82) is 0 Å². The Balaban J connectivity index is 1.43. The van der Waals surface area contributed by atoms with Crippen molar-refractivity contribution in [2.75, 3.05) is 5.32 Å². The summed E-state index contributed by atoms with van der Waals surface area (Å²) in [5.74, 6) is -3.86. The minimum absolute atomic E-state index is 0.00205. The molecular formula is C23H26N2O7S. The summed E-state index contributed by atoms with van der Waals surface area (Å²) in [6.07, 6.45) is 1.06. The van der Waals surface area contributed by atoms with Gasteiger partial charge in [-0.15, -0.1) is 11.8 Å². The van der Waals surface area contributed by atoms with Crippen LogP contribution in [0.5, 0.6) is 0 Å². The van der Waals surface area contributed by atoms with E-state index in [0.29, 0.717) is 23.4 Å². The van der Waals surface area contributed by atoms with Gasteiger partial charge < -0.3 is 25.5 Å². The first-order valence-corrected chi connectivity index (χ1v) is 11.8. The lowest BCUT2D eigenvalue weighted by Gasteiger charge is -2.46. The van der Waals surface area contributed by atoms with E-state index in [1.807, 2.05) is 6.92 Å². The zero-order valence-corrected chi connectivity index (χ0v) is 19.0. The van der Waals surface area contributed by atoms with Crippen molar-refractivity contribution in [3.63, 3.8) is 0 Å². The molecule has 1 aliphatic carbocycles. The summed E-state index contributed by atoms with van der Waals surface area (Å²) in [6, 6.07) is 5.71. The van der Waals surface area contributed by atoms with E-state index in [4.69, 9.17) is 5.11 Å². The molecule has 0 bridgehead atoms. The van der Waals surface area contributed by atoms with Crippen molar-refractivity contribution >= 4 is 41.2 Å².